The quantitative estimate of drug-likeness (QED) is 0.234. The molecule has 162 valence electrons. The van der Waals surface area contributed by atoms with Crippen molar-refractivity contribution in [2.24, 2.45) is 5.73 Å². The summed E-state index contributed by atoms with van der Waals surface area (Å²) in [4.78, 5) is 36.0. The number of fused-ring (bicyclic) bond motifs is 3. The molecule has 1 atom stereocenters. The van der Waals surface area contributed by atoms with Crippen molar-refractivity contribution in [3.63, 3.8) is 0 Å². The molecule has 0 heterocycles. The van der Waals surface area contributed by atoms with Gasteiger partial charge in [-0.2, -0.15) is 0 Å². The molecule has 2 aromatic carbocycles. The Kier molecular flexibility index (Phi) is 7.20. The van der Waals surface area contributed by atoms with Crippen LogP contribution in [0, 0.1) is 0 Å². The number of nitrogens with one attached hydrogen (secondary N) is 1. The molecule has 0 spiro atoms. The molecule has 1 aliphatic rings. The van der Waals surface area contributed by atoms with Gasteiger partial charge in [-0.3, -0.25) is 4.79 Å². The van der Waals surface area contributed by atoms with Gasteiger partial charge >= 0.3 is 12.1 Å². The van der Waals surface area contributed by atoms with E-state index in [9.17, 15) is 14.4 Å². The predicted molar refractivity (Wildman–Crippen MR) is 117 cm³/mol. The Labute approximate surface area is 180 Å². The fraction of sp³-hybridized carbons (Fsp3) is 0.292. The van der Waals surface area contributed by atoms with Gasteiger partial charge in [-0.1, -0.05) is 55.1 Å². The largest absolute Gasteiger partial charge is 0.478 e. The average molecular weight is 422 g/mol. The highest BCUT2D eigenvalue weighted by atomic mass is 16.5. The van der Waals surface area contributed by atoms with Gasteiger partial charge in [0.2, 0.25) is 0 Å². The van der Waals surface area contributed by atoms with Gasteiger partial charge in [0.25, 0.3) is 0 Å². The number of hydrogen-bond donors (Lipinski definition) is 3. The topological polar surface area (TPSA) is 119 Å². The number of carbonyl (C=O) groups is 3. The van der Waals surface area contributed by atoms with Crippen LogP contribution >= 0.6 is 0 Å². The lowest BCUT2D eigenvalue weighted by Gasteiger charge is -2.19. The van der Waals surface area contributed by atoms with Gasteiger partial charge in [-0.25, -0.2) is 9.59 Å². The molecule has 0 saturated carbocycles. The van der Waals surface area contributed by atoms with Gasteiger partial charge in [-0.15, -0.1) is 0 Å². The molecular weight excluding hydrogens is 396 g/mol. The molecule has 1 aliphatic carbocycles. The van der Waals surface area contributed by atoms with Crippen LogP contribution in [0.4, 0.5) is 4.79 Å². The van der Waals surface area contributed by atoms with Crippen LogP contribution < -0.4 is 11.1 Å². The van der Waals surface area contributed by atoms with Crippen molar-refractivity contribution in [2.75, 3.05) is 13.2 Å². The minimum atomic E-state index is -1.41. The number of hydrogen-bond acceptors (Lipinski definition) is 5. The van der Waals surface area contributed by atoms with Crippen molar-refractivity contribution in [1.29, 1.82) is 0 Å². The summed E-state index contributed by atoms with van der Waals surface area (Å²) in [5.41, 5.74) is 9.29. The Balaban J connectivity index is 1.68. The smallest absolute Gasteiger partial charge is 0.407 e. The lowest BCUT2D eigenvalue weighted by atomic mass is 9.98. The number of carboxylic acids is 1. The van der Waals surface area contributed by atoms with E-state index in [1.807, 2.05) is 48.5 Å². The minimum Gasteiger partial charge on any atom is -0.478 e. The highest BCUT2D eigenvalue weighted by molar-refractivity contribution is 6.18. The first-order chi connectivity index (χ1) is 14.9. The van der Waals surface area contributed by atoms with E-state index >= 15 is 0 Å². The minimum absolute atomic E-state index is 0.101. The molecule has 0 bridgehead atoms. The second kappa shape index (κ2) is 10.0. The number of benzene rings is 2. The predicted octanol–water partition coefficient (Wildman–Crippen LogP) is 3.23. The van der Waals surface area contributed by atoms with Crippen LogP contribution in [0.5, 0.6) is 0 Å². The molecule has 0 aromatic heterocycles. The number of aliphatic carboxylic acids is 1. The van der Waals surface area contributed by atoms with Crippen LogP contribution in [0.15, 0.2) is 60.7 Å². The Bertz CT molecular complexity index is 955. The average Bonchev–Trinajstić information content (AvgIpc) is 3.10. The summed E-state index contributed by atoms with van der Waals surface area (Å²) in [5, 5.41) is 11.6. The van der Waals surface area contributed by atoms with E-state index in [-0.39, 0.29) is 18.9 Å². The molecule has 1 amide bonds. The zero-order valence-corrected chi connectivity index (χ0v) is 17.2. The summed E-state index contributed by atoms with van der Waals surface area (Å²) in [7, 11) is 0. The number of alkyl carbamates (subject to hydrolysis) is 1. The van der Waals surface area contributed by atoms with Crippen LogP contribution in [-0.4, -0.2) is 42.1 Å². The highest BCUT2D eigenvalue weighted by Crippen LogP contribution is 2.44. The van der Waals surface area contributed by atoms with Crippen LogP contribution in [0.25, 0.3) is 11.1 Å². The zero-order chi connectivity index (χ0) is 22.4. The Morgan fingerprint density at radius 3 is 2.16 bits per heavy atom. The normalized spacial score (nSPS) is 13.1. The van der Waals surface area contributed by atoms with Crippen molar-refractivity contribution < 1.29 is 24.2 Å². The van der Waals surface area contributed by atoms with Crippen molar-refractivity contribution >= 4 is 17.8 Å². The van der Waals surface area contributed by atoms with Crippen molar-refractivity contribution in [3.8, 4) is 11.1 Å². The lowest BCUT2D eigenvalue weighted by molar-refractivity contribution is -0.135. The molecule has 7 nitrogen and oxygen atoms in total. The van der Waals surface area contributed by atoms with Crippen molar-refractivity contribution in [2.45, 2.75) is 31.2 Å². The second-order valence-corrected chi connectivity index (χ2v) is 7.45. The maximum atomic E-state index is 12.5. The van der Waals surface area contributed by atoms with E-state index in [1.54, 1.807) is 0 Å². The molecule has 2 aromatic rings. The van der Waals surface area contributed by atoms with Crippen LogP contribution in [-0.2, 0) is 14.3 Å². The number of ketones is 1. The number of rotatable bonds is 10. The van der Waals surface area contributed by atoms with Gasteiger partial charge in [-0.05, 0) is 48.1 Å². The molecule has 0 unspecified atom stereocenters. The monoisotopic (exact) mass is 422 g/mol. The second-order valence-electron chi connectivity index (χ2n) is 7.45. The third-order valence-corrected chi connectivity index (χ3v) is 5.45. The van der Waals surface area contributed by atoms with E-state index in [0.717, 1.165) is 22.3 Å². The lowest BCUT2D eigenvalue weighted by Crippen LogP contribution is -2.43. The number of carbonyl (C=O) groups excluding carboxylic acids is 2. The van der Waals surface area contributed by atoms with Gasteiger partial charge in [0.1, 0.15) is 6.61 Å². The van der Waals surface area contributed by atoms with Crippen molar-refractivity contribution in [1.82, 2.24) is 5.32 Å². The number of amides is 1. The Morgan fingerprint density at radius 1 is 1.03 bits per heavy atom. The van der Waals surface area contributed by atoms with Crippen molar-refractivity contribution in [3.05, 3.63) is 71.8 Å². The van der Waals surface area contributed by atoms with E-state index in [1.165, 1.54) is 0 Å². The van der Waals surface area contributed by atoms with Gasteiger partial charge in [0.15, 0.2) is 5.78 Å². The zero-order valence-electron chi connectivity index (χ0n) is 17.2. The van der Waals surface area contributed by atoms with E-state index < -0.39 is 29.5 Å². The molecule has 0 radical (unpaired) electrons. The first-order valence-corrected chi connectivity index (χ1v) is 10.2. The number of nitrogens with two attached hydrogens (primary N) is 1. The summed E-state index contributed by atoms with van der Waals surface area (Å²) in [6.07, 6.45) is 0.692. The van der Waals surface area contributed by atoms with Crippen LogP contribution in [0.1, 0.15) is 36.3 Å². The molecule has 7 heteroatoms. The number of unbranched alkanes of at least 4 members (excludes halogenated alkanes) is 1. The standard InChI is InChI=1S/C24H26N2O5/c1-15(23(28)29)22(27)21(12-6-7-13-25)26-24(30)31-14-20-18-10-4-2-8-16(18)17-9-3-5-11-19(17)20/h2-5,8-11,20-21H,1,6-7,12-14,25H2,(H,26,30)(H,28,29)/t21-/m0/s1. The third kappa shape index (κ3) is 5.00. The van der Waals surface area contributed by atoms with E-state index in [0.29, 0.717) is 19.4 Å². The van der Waals surface area contributed by atoms with Gasteiger partial charge in [0.05, 0.1) is 11.6 Å². The SMILES string of the molecule is C=C(C(=O)O)C(=O)[C@H](CCCCN)NC(=O)OCC1c2ccccc2-c2ccccc21. The van der Waals surface area contributed by atoms with E-state index in [4.69, 9.17) is 15.6 Å². The summed E-state index contributed by atoms with van der Waals surface area (Å²) >= 11 is 0. The Morgan fingerprint density at radius 2 is 1.61 bits per heavy atom. The molecule has 0 saturated heterocycles. The summed E-state index contributed by atoms with van der Waals surface area (Å²) in [5.74, 6) is -2.26. The molecule has 0 aliphatic heterocycles. The number of Topliss-reactive ketones (excluding diaryl/α,β-unsaturated/α-hetero) is 1. The number of ether oxygens (including phenoxy) is 1. The number of carboxylic acid groups (broad SMARTS) is 1. The van der Waals surface area contributed by atoms with Gasteiger partial charge in [0, 0.05) is 5.92 Å². The molecule has 4 N–H and O–H groups in total. The summed E-state index contributed by atoms with van der Waals surface area (Å²) in [6, 6.07) is 14.9. The fourth-order valence-corrected chi connectivity index (χ4v) is 3.86. The molecular formula is C24H26N2O5. The first-order valence-electron chi connectivity index (χ1n) is 10.2. The highest BCUT2D eigenvalue weighted by Gasteiger charge is 2.30. The molecule has 0 fully saturated rings. The molecule has 31 heavy (non-hydrogen) atoms. The van der Waals surface area contributed by atoms with Gasteiger partial charge < -0.3 is 20.9 Å². The Hall–Kier alpha value is -3.45. The maximum Gasteiger partial charge on any atom is 0.407 e. The summed E-state index contributed by atoms with van der Waals surface area (Å²) < 4.78 is 5.46. The van der Waals surface area contributed by atoms with Crippen LogP contribution in [0.2, 0.25) is 0 Å². The summed E-state index contributed by atoms with van der Waals surface area (Å²) in [6.45, 7) is 3.84. The fourth-order valence-electron chi connectivity index (χ4n) is 3.86. The first kappa shape index (κ1) is 22.2. The molecule has 3 rings (SSSR count). The van der Waals surface area contributed by atoms with E-state index in [2.05, 4.69) is 11.9 Å². The maximum absolute atomic E-state index is 12.5. The third-order valence-electron chi connectivity index (χ3n) is 5.45. The van der Waals surface area contributed by atoms with Crippen LogP contribution in [0.3, 0.4) is 0 Å².